The summed E-state index contributed by atoms with van der Waals surface area (Å²) in [7, 11) is 1.77. The molecule has 84 valence electrons. The predicted octanol–water partition coefficient (Wildman–Crippen LogP) is 0.263. The molecule has 0 atom stereocenters. The second kappa shape index (κ2) is 4.93. The highest BCUT2D eigenvalue weighted by Crippen LogP contribution is 2.05. The third-order valence-electron chi connectivity index (χ3n) is 2.16. The first-order valence-electron chi connectivity index (χ1n) is 4.97. The number of amides is 1. The Kier molecular flexibility index (Phi) is 3.85. The minimum atomic E-state index is -0.139. The Morgan fingerprint density at radius 1 is 1.67 bits per heavy atom. The Bertz CT molecular complexity index is 333. The Morgan fingerprint density at radius 2 is 2.33 bits per heavy atom. The fraction of sp³-hybridized carbons (Fsp3) is 0.600. The highest BCUT2D eigenvalue weighted by atomic mass is 16.3. The van der Waals surface area contributed by atoms with Gasteiger partial charge >= 0.3 is 0 Å². The second-order valence-corrected chi connectivity index (χ2v) is 3.69. The van der Waals surface area contributed by atoms with Crippen molar-refractivity contribution in [2.45, 2.75) is 19.9 Å². The summed E-state index contributed by atoms with van der Waals surface area (Å²) in [5.74, 6) is -0.139. The molecule has 0 radical (unpaired) electrons. The summed E-state index contributed by atoms with van der Waals surface area (Å²) in [6.45, 7) is 4.14. The van der Waals surface area contributed by atoms with Gasteiger partial charge in [0.25, 0.3) is 5.91 Å². The van der Waals surface area contributed by atoms with Crippen LogP contribution in [0.5, 0.6) is 0 Å². The average Bonchev–Trinajstić information content (AvgIpc) is 2.59. The van der Waals surface area contributed by atoms with Gasteiger partial charge in [0.1, 0.15) is 5.69 Å². The van der Waals surface area contributed by atoms with E-state index in [9.17, 15) is 4.79 Å². The van der Waals surface area contributed by atoms with Gasteiger partial charge in [-0.2, -0.15) is 5.10 Å². The highest BCUT2D eigenvalue weighted by Gasteiger charge is 2.19. The van der Waals surface area contributed by atoms with Crippen LogP contribution in [0.15, 0.2) is 12.3 Å². The third-order valence-corrected chi connectivity index (χ3v) is 2.16. The van der Waals surface area contributed by atoms with E-state index in [-0.39, 0.29) is 18.6 Å². The van der Waals surface area contributed by atoms with E-state index in [2.05, 4.69) is 5.10 Å². The summed E-state index contributed by atoms with van der Waals surface area (Å²) >= 11 is 0. The number of carbonyl (C=O) groups is 1. The maximum absolute atomic E-state index is 11.9. The van der Waals surface area contributed by atoms with Crippen LogP contribution in [-0.2, 0) is 7.05 Å². The maximum Gasteiger partial charge on any atom is 0.274 e. The van der Waals surface area contributed by atoms with Crippen molar-refractivity contribution in [3.63, 3.8) is 0 Å². The van der Waals surface area contributed by atoms with Gasteiger partial charge < -0.3 is 10.0 Å². The summed E-state index contributed by atoms with van der Waals surface area (Å²) in [5, 5.41) is 12.9. The van der Waals surface area contributed by atoms with Gasteiger partial charge in [-0.15, -0.1) is 0 Å². The molecule has 0 saturated carbocycles. The number of aryl methyl sites for hydroxylation is 1. The van der Waals surface area contributed by atoms with Gasteiger partial charge in [-0.3, -0.25) is 9.48 Å². The van der Waals surface area contributed by atoms with Crippen LogP contribution in [0.2, 0.25) is 0 Å². The average molecular weight is 211 g/mol. The molecule has 15 heavy (non-hydrogen) atoms. The zero-order valence-corrected chi connectivity index (χ0v) is 9.34. The normalized spacial score (nSPS) is 10.7. The number of rotatable bonds is 4. The van der Waals surface area contributed by atoms with Crippen molar-refractivity contribution >= 4 is 5.91 Å². The monoisotopic (exact) mass is 211 g/mol. The number of aliphatic hydroxyl groups is 1. The molecule has 1 rings (SSSR count). The molecule has 5 heteroatoms. The fourth-order valence-corrected chi connectivity index (χ4v) is 1.38. The van der Waals surface area contributed by atoms with Crippen LogP contribution in [0.1, 0.15) is 24.3 Å². The van der Waals surface area contributed by atoms with Crippen molar-refractivity contribution < 1.29 is 9.90 Å². The first-order chi connectivity index (χ1) is 7.06. The molecule has 1 heterocycles. The van der Waals surface area contributed by atoms with Crippen LogP contribution in [0, 0.1) is 0 Å². The topological polar surface area (TPSA) is 58.4 Å². The van der Waals surface area contributed by atoms with Crippen molar-refractivity contribution in [2.75, 3.05) is 13.2 Å². The molecule has 0 aliphatic rings. The lowest BCUT2D eigenvalue weighted by molar-refractivity contribution is 0.0658. The SMILES string of the molecule is CC(C)N(CCO)C(=O)c1ccn(C)n1. The van der Waals surface area contributed by atoms with Crippen molar-refractivity contribution in [2.24, 2.45) is 7.05 Å². The fourth-order valence-electron chi connectivity index (χ4n) is 1.38. The van der Waals surface area contributed by atoms with Crippen LogP contribution in [-0.4, -0.2) is 44.9 Å². The van der Waals surface area contributed by atoms with Crippen LogP contribution >= 0.6 is 0 Å². The van der Waals surface area contributed by atoms with Gasteiger partial charge in [-0.05, 0) is 19.9 Å². The summed E-state index contributed by atoms with van der Waals surface area (Å²) in [5.41, 5.74) is 0.416. The molecule has 1 aromatic heterocycles. The van der Waals surface area contributed by atoms with Gasteiger partial charge in [-0.1, -0.05) is 0 Å². The zero-order valence-electron chi connectivity index (χ0n) is 9.34. The molecule has 5 nitrogen and oxygen atoms in total. The minimum absolute atomic E-state index is 0.0310. The number of hydrogen-bond donors (Lipinski definition) is 1. The first kappa shape index (κ1) is 11.7. The number of aromatic nitrogens is 2. The summed E-state index contributed by atoms with van der Waals surface area (Å²) in [4.78, 5) is 13.5. The van der Waals surface area contributed by atoms with Gasteiger partial charge in [0.2, 0.25) is 0 Å². The number of carbonyl (C=O) groups excluding carboxylic acids is 1. The highest BCUT2D eigenvalue weighted by molar-refractivity contribution is 5.92. The van der Waals surface area contributed by atoms with Crippen molar-refractivity contribution in [1.29, 1.82) is 0 Å². The summed E-state index contributed by atoms with van der Waals surface area (Å²) in [6.07, 6.45) is 1.73. The molecule has 0 aromatic carbocycles. The van der Waals surface area contributed by atoms with Gasteiger partial charge in [0.05, 0.1) is 6.61 Å². The van der Waals surface area contributed by atoms with E-state index in [1.54, 1.807) is 28.9 Å². The zero-order chi connectivity index (χ0) is 11.4. The molecule has 0 spiro atoms. The lowest BCUT2D eigenvalue weighted by Crippen LogP contribution is -2.39. The smallest absolute Gasteiger partial charge is 0.274 e. The van der Waals surface area contributed by atoms with Gasteiger partial charge in [-0.25, -0.2) is 0 Å². The molecule has 1 amide bonds. The van der Waals surface area contributed by atoms with E-state index in [1.807, 2.05) is 13.8 Å². The molecule has 1 aromatic rings. The van der Waals surface area contributed by atoms with Crippen LogP contribution in [0.3, 0.4) is 0 Å². The largest absolute Gasteiger partial charge is 0.395 e. The van der Waals surface area contributed by atoms with Crippen molar-refractivity contribution in [1.82, 2.24) is 14.7 Å². The van der Waals surface area contributed by atoms with E-state index >= 15 is 0 Å². The molecular weight excluding hydrogens is 194 g/mol. The van der Waals surface area contributed by atoms with E-state index in [0.717, 1.165) is 0 Å². The standard InChI is InChI=1S/C10H17N3O2/c1-8(2)13(6-7-14)10(15)9-4-5-12(3)11-9/h4-5,8,14H,6-7H2,1-3H3. The Hall–Kier alpha value is -1.36. The molecule has 0 aliphatic heterocycles. The molecule has 1 N–H and O–H groups in total. The molecular formula is C10H17N3O2. The molecule has 0 saturated heterocycles. The quantitative estimate of drug-likeness (QED) is 0.777. The number of hydrogen-bond acceptors (Lipinski definition) is 3. The lowest BCUT2D eigenvalue weighted by atomic mass is 10.2. The van der Waals surface area contributed by atoms with E-state index in [0.29, 0.717) is 12.2 Å². The number of aliphatic hydroxyl groups excluding tert-OH is 1. The van der Waals surface area contributed by atoms with Crippen LogP contribution in [0.4, 0.5) is 0 Å². The third kappa shape index (κ3) is 2.79. The first-order valence-corrected chi connectivity index (χ1v) is 4.97. The Morgan fingerprint density at radius 3 is 2.73 bits per heavy atom. The van der Waals surface area contributed by atoms with E-state index < -0.39 is 0 Å². The number of nitrogens with zero attached hydrogens (tertiary/aromatic N) is 3. The van der Waals surface area contributed by atoms with Crippen LogP contribution in [0.25, 0.3) is 0 Å². The van der Waals surface area contributed by atoms with Crippen LogP contribution < -0.4 is 0 Å². The van der Waals surface area contributed by atoms with Gasteiger partial charge in [0, 0.05) is 25.8 Å². The molecule has 0 aliphatic carbocycles. The minimum Gasteiger partial charge on any atom is -0.395 e. The van der Waals surface area contributed by atoms with Gasteiger partial charge in [0.15, 0.2) is 0 Å². The van der Waals surface area contributed by atoms with E-state index in [1.165, 1.54) is 0 Å². The second-order valence-electron chi connectivity index (χ2n) is 3.69. The molecule has 0 fully saturated rings. The molecule has 0 bridgehead atoms. The van der Waals surface area contributed by atoms with E-state index in [4.69, 9.17) is 5.11 Å². The summed E-state index contributed by atoms with van der Waals surface area (Å²) in [6, 6.07) is 1.74. The lowest BCUT2D eigenvalue weighted by Gasteiger charge is -2.24. The Balaban J connectivity index is 2.80. The molecule has 0 unspecified atom stereocenters. The maximum atomic E-state index is 11.9. The Labute approximate surface area is 89.3 Å². The summed E-state index contributed by atoms with van der Waals surface area (Å²) < 4.78 is 1.59. The van der Waals surface area contributed by atoms with Crippen molar-refractivity contribution in [3.8, 4) is 0 Å². The van der Waals surface area contributed by atoms with Crippen molar-refractivity contribution in [3.05, 3.63) is 18.0 Å². The predicted molar refractivity (Wildman–Crippen MR) is 56.5 cm³/mol.